The second-order valence-electron chi connectivity index (χ2n) is 5.56. The summed E-state index contributed by atoms with van der Waals surface area (Å²) in [5.41, 5.74) is 3.91. The maximum absolute atomic E-state index is 12.2. The lowest BCUT2D eigenvalue weighted by atomic mass is 10.1. The van der Waals surface area contributed by atoms with Gasteiger partial charge in [0.2, 0.25) is 0 Å². The molecule has 0 fully saturated rings. The Morgan fingerprint density at radius 2 is 1.83 bits per heavy atom. The van der Waals surface area contributed by atoms with Crippen molar-refractivity contribution in [1.29, 1.82) is 0 Å². The third-order valence-corrected chi connectivity index (χ3v) is 4.61. The minimum atomic E-state index is -0.170. The average Bonchev–Trinajstić information content (AvgIpc) is 2.97. The van der Waals surface area contributed by atoms with Crippen molar-refractivity contribution in [3.8, 4) is 11.3 Å². The van der Waals surface area contributed by atoms with E-state index in [-0.39, 0.29) is 5.91 Å². The highest BCUT2D eigenvalue weighted by Crippen LogP contribution is 2.30. The number of pyridine rings is 1. The van der Waals surface area contributed by atoms with Crippen molar-refractivity contribution >= 4 is 22.4 Å². The van der Waals surface area contributed by atoms with Gasteiger partial charge in [-0.25, -0.2) is 4.98 Å². The van der Waals surface area contributed by atoms with E-state index < -0.39 is 0 Å². The van der Waals surface area contributed by atoms with Crippen LogP contribution in [0.1, 0.15) is 34.1 Å². The highest BCUT2D eigenvalue weighted by atomic mass is 32.1. The summed E-state index contributed by atoms with van der Waals surface area (Å²) < 4.78 is 0. The lowest BCUT2D eigenvalue weighted by molar-refractivity contribution is 0.102. The first-order chi connectivity index (χ1) is 11.7. The summed E-state index contributed by atoms with van der Waals surface area (Å²) in [6.45, 7) is 4.20. The van der Waals surface area contributed by atoms with Gasteiger partial charge in [0.1, 0.15) is 0 Å². The minimum Gasteiger partial charge on any atom is -0.298 e. The Hall–Kier alpha value is -2.53. The van der Waals surface area contributed by atoms with Gasteiger partial charge in [-0.3, -0.25) is 15.1 Å². The molecule has 0 saturated carbocycles. The summed E-state index contributed by atoms with van der Waals surface area (Å²) >= 11 is 1.49. The third kappa shape index (κ3) is 3.68. The first kappa shape index (κ1) is 16.3. The molecule has 3 aromatic rings. The lowest BCUT2D eigenvalue weighted by Gasteiger charge is -2.02. The molecule has 3 rings (SSSR count). The zero-order chi connectivity index (χ0) is 16.9. The molecule has 0 aliphatic rings. The normalized spacial score (nSPS) is 10.6. The fourth-order valence-corrected chi connectivity index (χ4v) is 3.34. The van der Waals surface area contributed by atoms with Crippen LogP contribution in [0, 0.1) is 6.92 Å². The predicted molar refractivity (Wildman–Crippen MR) is 98.5 cm³/mol. The van der Waals surface area contributed by atoms with Gasteiger partial charge in [-0.05, 0) is 31.0 Å². The smallest absolute Gasteiger partial charge is 0.257 e. The van der Waals surface area contributed by atoms with Gasteiger partial charge in [0.15, 0.2) is 5.13 Å². The Kier molecular flexibility index (Phi) is 5.01. The van der Waals surface area contributed by atoms with E-state index in [0.717, 1.165) is 29.0 Å². The van der Waals surface area contributed by atoms with Gasteiger partial charge in [0.05, 0.1) is 5.69 Å². The SMILES string of the molecule is CCCc1ccc(-c2nc(NC(=O)c3ccncc3)sc2C)cc1. The van der Waals surface area contributed by atoms with Crippen LogP contribution in [0.25, 0.3) is 11.3 Å². The van der Waals surface area contributed by atoms with Crippen molar-refractivity contribution in [3.05, 3.63) is 64.8 Å². The van der Waals surface area contributed by atoms with Crippen molar-refractivity contribution in [2.24, 2.45) is 0 Å². The van der Waals surface area contributed by atoms with Crippen molar-refractivity contribution in [3.63, 3.8) is 0 Å². The molecular formula is C19H19N3OS. The molecule has 1 N–H and O–H groups in total. The molecule has 1 amide bonds. The molecule has 2 heterocycles. The first-order valence-electron chi connectivity index (χ1n) is 7.95. The molecule has 24 heavy (non-hydrogen) atoms. The number of rotatable bonds is 5. The number of hydrogen-bond donors (Lipinski definition) is 1. The highest BCUT2D eigenvalue weighted by molar-refractivity contribution is 7.16. The van der Waals surface area contributed by atoms with Gasteiger partial charge in [-0.2, -0.15) is 0 Å². The number of nitrogens with zero attached hydrogens (tertiary/aromatic N) is 2. The molecular weight excluding hydrogens is 318 g/mol. The zero-order valence-corrected chi connectivity index (χ0v) is 14.6. The van der Waals surface area contributed by atoms with Crippen LogP contribution in [0.4, 0.5) is 5.13 Å². The number of aromatic nitrogens is 2. The molecule has 4 nitrogen and oxygen atoms in total. The molecule has 0 aliphatic heterocycles. The van der Waals surface area contributed by atoms with Crippen LogP contribution in [-0.4, -0.2) is 15.9 Å². The number of nitrogens with one attached hydrogen (secondary N) is 1. The van der Waals surface area contributed by atoms with E-state index in [9.17, 15) is 4.79 Å². The molecule has 122 valence electrons. The number of amides is 1. The molecule has 0 atom stereocenters. The maximum atomic E-state index is 12.2. The van der Waals surface area contributed by atoms with E-state index in [1.54, 1.807) is 24.5 Å². The van der Waals surface area contributed by atoms with Gasteiger partial charge in [-0.1, -0.05) is 37.6 Å². The standard InChI is InChI=1S/C19H19N3OS/c1-3-4-14-5-7-15(8-6-14)17-13(2)24-19(21-17)22-18(23)16-9-11-20-12-10-16/h5-12H,3-4H2,1-2H3,(H,21,22,23). The molecule has 2 aromatic heterocycles. The van der Waals surface area contributed by atoms with Gasteiger partial charge in [0, 0.05) is 28.4 Å². The van der Waals surface area contributed by atoms with Crippen LogP contribution in [0.2, 0.25) is 0 Å². The number of thiazole rings is 1. The molecule has 0 unspecified atom stereocenters. The number of carbonyl (C=O) groups excluding carboxylic acids is 1. The molecule has 0 bridgehead atoms. The van der Waals surface area contributed by atoms with Crippen LogP contribution in [-0.2, 0) is 6.42 Å². The maximum Gasteiger partial charge on any atom is 0.257 e. The third-order valence-electron chi connectivity index (χ3n) is 3.73. The first-order valence-corrected chi connectivity index (χ1v) is 8.77. The van der Waals surface area contributed by atoms with Crippen molar-refractivity contribution in [2.45, 2.75) is 26.7 Å². The number of hydrogen-bond acceptors (Lipinski definition) is 4. The Morgan fingerprint density at radius 3 is 2.50 bits per heavy atom. The van der Waals surface area contributed by atoms with Crippen LogP contribution in [0.3, 0.4) is 0 Å². The summed E-state index contributed by atoms with van der Waals surface area (Å²) in [5, 5.41) is 3.47. The molecule has 0 radical (unpaired) electrons. The summed E-state index contributed by atoms with van der Waals surface area (Å²) in [7, 11) is 0. The quantitative estimate of drug-likeness (QED) is 0.733. The van der Waals surface area contributed by atoms with Crippen LogP contribution < -0.4 is 5.32 Å². The van der Waals surface area contributed by atoms with E-state index >= 15 is 0 Å². The Bertz CT molecular complexity index is 826. The van der Waals surface area contributed by atoms with E-state index in [4.69, 9.17) is 0 Å². The number of carbonyl (C=O) groups is 1. The number of aryl methyl sites for hydroxylation is 2. The van der Waals surface area contributed by atoms with Gasteiger partial charge in [-0.15, -0.1) is 11.3 Å². The fraction of sp³-hybridized carbons (Fsp3) is 0.211. The topological polar surface area (TPSA) is 54.9 Å². The summed E-state index contributed by atoms with van der Waals surface area (Å²) in [6.07, 6.45) is 5.43. The average molecular weight is 337 g/mol. The largest absolute Gasteiger partial charge is 0.298 e. The van der Waals surface area contributed by atoms with Gasteiger partial charge >= 0.3 is 0 Å². The Labute approximate surface area is 145 Å². The van der Waals surface area contributed by atoms with Crippen molar-refractivity contribution in [1.82, 2.24) is 9.97 Å². The van der Waals surface area contributed by atoms with Gasteiger partial charge in [0.25, 0.3) is 5.91 Å². The summed E-state index contributed by atoms with van der Waals surface area (Å²) in [4.78, 5) is 21.8. The highest BCUT2D eigenvalue weighted by Gasteiger charge is 2.13. The molecule has 0 saturated heterocycles. The summed E-state index contributed by atoms with van der Waals surface area (Å²) in [6, 6.07) is 11.9. The molecule has 0 aliphatic carbocycles. The van der Waals surface area contributed by atoms with Crippen LogP contribution >= 0.6 is 11.3 Å². The second-order valence-corrected chi connectivity index (χ2v) is 6.76. The zero-order valence-electron chi connectivity index (χ0n) is 13.7. The molecule has 5 heteroatoms. The van der Waals surface area contributed by atoms with E-state index in [0.29, 0.717) is 10.7 Å². The summed E-state index contributed by atoms with van der Waals surface area (Å²) in [5.74, 6) is -0.170. The van der Waals surface area contributed by atoms with Gasteiger partial charge < -0.3 is 0 Å². The van der Waals surface area contributed by atoms with Crippen molar-refractivity contribution in [2.75, 3.05) is 5.32 Å². The van der Waals surface area contributed by atoms with E-state index in [1.165, 1.54) is 16.9 Å². The second kappa shape index (κ2) is 7.36. The fourth-order valence-electron chi connectivity index (χ4n) is 2.51. The molecule has 0 spiro atoms. The Balaban J connectivity index is 1.78. The monoisotopic (exact) mass is 337 g/mol. The van der Waals surface area contributed by atoms with E-state index in [2.05, 4.69) is 46.5 Å². The van der Waals surface area contributed by atoms with E-state index in [1.807, 2.05) is 6.92 Å². The van der Waals surface area contributed by atoms with Crippen LogP contribution in [0.15, 0.2) is 48.8 Å². The molecule has 1 aromatic carbocycles. The number of anilines is 1. The Morgan fingerprint density at radius 1 is 1.12 bits per heavy atom. The number of benzene rings is 1. The predicted octanol–water partition coefficient (Wildman–Crippen LogP) is 4.72. The minimum absolute atomic E-state index is 0.170. The van der Waals surface area contributed by atoms with Crippen LogP contribution in [0.5, 0.6) is 0 Å². The lowest BCUT2D eigenvalue weighted by Crippen LogP contribution is -2.11. The van der Waals surface area contributed by atoms with Crippen molar-refractivity contribution < 1.29 is 4.79 Å².